The number of hydrogen-bond acceptors (Lipinski definition) is 8. The van der Waals surface area contributed by atoms with Gasteiger partial charge >= 0.3 is 5.91 Å². The lowest BCUT2D eigenvalue weighted by molar-refractivity contribution is -0.139. The van der Waals surface area contributed by atoms with Crippen LogP contribution in [0, 0.1) is 11.3 Å². The van der Waals surface area contributed by atoms with Crippen LogP contribution in [0.4, 0.5) is 5.69 Å². The summed E-state index contributed by atoms with van der Waals surface area (Å²) in [5.74, 6) is -5.35. The Balaban J connectivity index is 1.85. The average molecular weight is 500 g/mol. The summed E-state index contributed by atoms with van der Waals surface area (Å²) in [6.07, 6.45) is -0.520. The Morgan fingerprint density at radius 2 is 1.94 bits per heavy atom. The van der Waals surface area contributed by atoms with E-state index < -0.39 is 41.6 Å². The van der Waals surface area contributed by atoms with Gasteiger partial charge in [0.25, 0.3) is 11.8 Å². The Kier molecular flexibility index (Phi) is 6.20. The highest BCUT2D eigenvalue weighted by molar-refractivity contribution is 7.19. The zero-order valence-electron chi connectivity index (χ0n) is 16.4. The van der Waals surface area contributed by atoms with Gasteiger partial charge in [0, 0.05) is 5.02 Å². The van der Waals surface area contributed by atoms with E-state index >= 15 is 0 Å². The van der Waals surface area contributed by atoms with Crippen LogP contribution in [0.15, 0.2) is 47.6 Å². The van der Waals surface area contributed by atoms with E-state index in [4.69, 9.17) is 28.5 Å². The maximum Gasteiger partial charge on any atom is 0.302 e. The lowest BCUT2D eigenvalue weighted by Gasteiger charge is -2.29. The van der Waals surface area contributed by atoms with Crippen LogP contribution in [0.25, 0.3) is 10.2 Å². The van der Waals surface area contributed by atoms with Crippen molar-refractivity contribution >= 4 is 79.7 Å². The number of anilines is 1. The maximum atomic E-state index is 13.4. The number of nitrogens with one attached hydrogen (secondary N) is 1. The number of hydrogen-bond donors (Lipinski definition) is 1. The number of aromatic nitrogens is 1. The van der Waals surface area contributed by atoms with Crippen molar-refractivity contribution in [3.63, 3.8) is 0 Å². The molecule has 0 aliphatic carbocycles. The van der Waals surface area contributed by atoms with Gasteiger partial charge in [-0.15, -0.1) is 11.3 Å². The Morgan fingerprint density at radius 3 is 2.67 bits per heavy atom. The van der Waals surface area contributed by atoms with Crippen LogP contribution >= 0.6 is 34.5 Å². The Hall–Kier alpha value is -3.65. The second-order valence-corrected chi connectivity index (χ2v) is 8.63. The molecule has 4 rings (SSSR count). The van der Waals surface area contributed by atoms with Gasteiger partial charge in [-0.3, -0.25) is 19.2 Å². The molecule has 0 unspecified atom stereocenters. The van der Waals surface area contributed by atoms with Crippen molar-refractivity contribution in [2.24, 2.45) is 5.10 Å². The first-order valence-corrected chi connectivity index (χ1v) is 10.9. The van der Waals surface area contributed by atoms with E-state index in [1.54, 1.807) is 30.3 Å². The minimum absolute atomic E-state index is 0.000188. The van der Waals surface area contributed by atoms with Gasteiger partial charge in [-0.05, 0) is 30.3 Å². The van der Waals surface area contributed by atoms with Crippen LogP contribution in [-0.4, -0.2) is 34.2 Å². The third-order valence-corrected chi connectivity index (χ3v) is 6.27. The molecule has 2 aromatic carbocycles. The van der Waals surface area contributed by atoms with Crippen molar-refractivity contribution < 1.29 is 19.2 Å². The molecule has 0 bridgehead atoms. The molecule has 0 radical (unpaired) electrons. The van der Waals surface area contributed by atoms with Crippen LogP contribution < -0.4 is 10.3 Å². The monoisotopic (exact) mass is 499 g/mol. The third kappa shape index (κ3) is 4.21. The predicted octanol–water partition coefficient (Wildman–Crippen LogP) is 3.22. The number of piperidine rings is 1. The SMILES string of the molecule is N#CCC(=O)N/N=C1\C(=O)N(c2cc(Cl)ccc2Cl)C(=O)C(=O)[C@H]1c1nc2ccccc2s1. The number of Topliss-reactive ketones (excluding diaryl/α,β-unsaturated/α-hetero) is 1. The molecule has 1 N–H and O–H groups in total. The molecule has 33 heavy (non-hydrogen) atoms. The zero-order chi connectivity index (χ0) is 23.7. The highest BCUT2D eigenvalue weighted by Crippen LogP contribution is 2.36. The molecular formula is C21H11Cl2N5O4S. The Bertz CT molecular complexity index is 1380. The van der Waals surface area contributed by atoms with Crippen molar-refractivity contribution in [1.29, 1.82) is 5.26 Å². The molecule has 12 heteroatoms. The largest absolute Gasteiger partial charge is 0.302 e. The predicted molar refractivity (Wildman–Crippen MR) is 122 cm³/mol. The first-order chi connectivity index (χ1) is 15.8. The summed E-state index contributed by atoms with van der Waals surface area (Å²) in [6.45, 7) is 0. The standard InChI is InChI=1S/C21H11Cl2N5O4S/c22-10-5-6-11(23)13(9-10)28-20(31)17(27-26-15(29)7-8-24)16(18(30)21(28)32)19-25-12-3-1-2-4-14(12)33-19/h1-6,9,16H,7H2,(H,26,29)/b27-17-/t16-/m0/s1. The fourth-order valence-electron chi connectivity index (χ4n) is 3.15. The molecule has 0 spiro atoms. The van der Waals surface area contributed by atoms with Crippen LogP contribution in [0.5, 0.6) is 0 Å². The first kappa shape index (κ1) is 22.5. The second-order valence-electron chi connectivity index (χ2n) is 6.73. The van der Waals surface area contributed by atoms with Gasteiger partial charge < -0.3 is 0 Å². The molecule has 3 aromatic rings. The van der Waals surface area contributed by atoms with Gasteiger partial charge in [-0.2, -0.15) is 10.4 Å². The Labute approximate surface area is 200 Å². The smallest absolute Gasteiger partial charge is 0.287 e. The number of hydrazone groups is 1. The molecule has 1 aromatic heterocycles. The minimum Gasteiger partial charge on any atom is -0.287 e. The highest BCUT2D eigenvalue weighted by Gasteiger charge is 2.49. The molecule has 1 saturated heterocycles. The quantitative estimate of drug-likeness (QED) is 0.332. The van der Waals surface area contributed by atoms with E-state index in [-0.39, 0.29) is 20.7 Å². The number of carbonyl (C=O) groups excluding carboxylic acids is 4. The normalized spacial score (nSPS) is 17.5. The van der Waals surface area contributed by atoms with E-state index in [0.717, 1.165) is 16.0 Å². The van der Waals surface area contributed by atoms with Crippen molar-refractivity contribution in [3.8, 4) is 6.07 Å². The molecule has 9 nitrogen and oxygen atoms in total. The molecule has 3 amide bonds. The fraction of sp³-hybridized carbons (Fsp3) is 0.0952. The number of carbonyl (C=O) groups is 4. The second kappa shape index (κ2) is 9.07. The van der Waals surface area contributed by atoms with Crippen molar-refractivity contribution in [2.45, 2.75) is 12.3 Å². The van der Waals surface area contributed by atoms with Crippen molar-refractivity contribution in [3.05, 3.63) is 57.5 Å². The average Bonchev–Trinajstić information content (AvgIpc) is 3.21. The van der Waals surface area contributed by atoms with Crippen LogP contribution in [0.2, 0.25) is 10.0 Å². The van der Waals surface area contributed by atoms with Crippen molar-refractivity contribution in [2.75, 3.05) is 4.90 Å². The van der Waals surface area contributed by atoms with Gasteiger partial charge in [-0.25, -0.2) is 15.3 Å². The summed E-state index contributed by atoms with van der Waals surface area (Å²) in [5.41, 5.74) is 2.10. The number of thiazole rings is 1. The van der Waals surface area contributed by atoms with E-state index in [9.17, 15) is 19.2 Å². The molecule has 1 atom stereocenters. The van der Waals surface area contributed by atoms with E-state index in [1.165, 1.54) is 18.2 Å². The summed E-state index contributed by atoms with van der Waals surface area (Å²) < 4.78 is 0.730. The summed E-state index contributed by atoms with van der Waals surface area (Å²) in [4.78, 5) is 56.4. The number of para-hydroxylation sites is 1. The number of imide groups is 1. The summed E-state index contributed by atoms with van der Waals surface area (Å²) >= 11 is 13.3. The number of rotatable bonds is 4. The maximum absolute atomic E-state index is 13.4. The van der Waals surface area contributed by atoms with Crippen LogP contribution in [-0.2, 0) is 19.2 Å². The summed E-state index contributed by atoms with van der Waals surface area (Å²) in [5, 5.41) is 12.8. The van der Waals surface area contributed by atoms with E-state index in [0.29, 0.717) is 10.4 Å². The van der Waals surface area contributed by atoms with Crippen LogP contribution in [0.3, 0.4) is 0 Å². The van der Waals surface area contributed by atoms with Gasteiger partial charge in [0.1, 0.15) is 23.1 Å². The lowest BCUT2D eigenvalue weighted by Crippen LogP contribution is -2.55. The van der Waals surface area contributed by atoms with Gasteiger partial charge in [-0.1, -0.05) is 35.3 Å². The topological polar surface area (TPSA) is 133 Å². The number of nitriles is 1. The summed E-state index contributed by atoms with van der Waals surface area (Å²) in [7, 11) is 0. The number of benzene rings is 2. The number of amides is 3. The molecular weight excluding hydrogens is 489 g/mol. The molecule has 2 heterocycles. The van der Waals surface area contributed by atoms with E-state index in [1.807, 2.05) is 0 Å². The molecule has 0 saturated carbocycles. The molecule has 1 fully saturated rings. The first-order valence-electron chi connectivity index (χ1n) is 9.28. The fourth-order valence-corrected chi connectivity index (χ4v) is 4.59. The van der Waals surface area contributed by atoms with Gasteiger partial charge in [0.05, 0.1) is 27.0 Å². The van der Waals surface area contributed by atoms with Crippen molar-refractivity contribution in [1.82, 2.24) is 10.4 Å². The molecule has 1 aliphatic heterocycles. The minimum atomic E-state index is -1.45. The number of nitrogens with zero attached hydrogens (tertiary/aromatic N) is 4. The number of fused-ring (bicyclic) bond motifs is 1. The number of halogens is 2. The van der Waals surface area contributed by atoms with Crippen LogP contribution in [0.1, 0.15) is 17.3 Å². The molecule has 1 aliphatic rings. The van der Waals surface area contributed by atoms with E-state index in [2.05, 4.69) is 15.5 Å². The lowest BCUT2D eigenvalue weighted by atomic mass is 9.92. The van der Waals surface area contributed by atoms with Gasteiger partial charge in [0.15, 0.2) is 0 Å². The summed E-state index contributed by atoms with van der Waals surface area (Å²) in [6, 6.07) is 12.8. The zero-order valence-corrected chi connectivity index (χ0v) is 18.7. The molecule has 164 valence electrons. The van der Waals surface area contributed by atoms with Gasteiger partial charge in [0.2, 0.25) is 5.78 Å². The number of ketones is 1. The Morgan fingerprint density at radius 1 is 1.18 bits per heavy atom. The third-order valence-electron chi connectivity index (χ3n) is 4.62. The highest BCUT2D eigenvalue weighted by atomic mass is 35.5.